The van der Waals surface area contributed by atoms with Crippen molar-refractivity contribution in [2.75, 3.05) is 27.2 Å². The first-order valence-corrected chi connectivity index (χ1v) is 6.12. The summed E-state index contributed by atoms with van der Waals surface area (Å²) in [5.74, 6) is 0.990. The largest absolute Gasteiger partial charge is 0.492 e. The minimum atomic E-state index is -0.121. The summed E-state index contributed by atoms with van der Waals surface area (Å²) in [6, 6.07) is 10.4. The molecule has 0 amide bonds. The van der Waals surface area contributed by atoms with Crippen LogP contribution in [-0.4, -0.2) is 37.9 Å². The second kappa shape index (κ2) is 6.20. The van der Waals surface area contributed by atoms with Crippen LogP contribution in [0.3, 0.4) is 0 Å². The number of carbonyl (C=O) groups is 1. The minimum Gasteiger partial charge on any atom is -0.492 e. The van der Waals surface area contributed by atoms with Gasteiger partial charge in [-0.25, -0.2) is 0 Å². The number of nitrogens with zero attached hydrogens (tertiary/aromatic N) is 1. The molecule has 2 rings (SSSR count). The summed E-state index contributed by atoms with van der Waals surface area (Å²) in [7, 11) is 3.99. The number of ether oxygens (including phenoxy) is 1. The highest BCUT2D eigenvalue weighted by Crippen LogP contribution is 2.15. The topological polar surface area (TPSA) is 42.7 Å². The van der Waals surface area contributed by atoms with Gasteiger partial charge in [-0.3, -0.25) is 4.79 Å². The van der Waals surface area contributed by atoms with E-state index in [1.54, 1.807) is 36.4 Å². The normalized spacial score (nSPS) is 10.7. The smallest absolute Gasteiger partial charge is 0.228 e. The molecule has 100 valence electrons. The van der Waals surface area contributed by atoms with Gasteiger partial charge in [0.1, 0.15) is 12.4 Å². The molecule has 2 aromatic rings. The van der Waals surface area contributed by atoms with Crippen LogP contribution in [0.4, 0.5) is 0 Å². The van der Waals surface area contributed by atoms with Crippen molar-refractivity contribution < 1.29 is 13.9 Å². The van der Waals surface area contributed by atoms with Crippen molar-refractivity contribution in [1.29, 1.82) is 0 Å². The van der Waals surface area contributed by atoms with Gasteiger partial charge in [-0.05, 0) is 50.5 Å². The van der Waals surface area contributed by atoms with Crippen LogP contribution >= 0.6 is 0 Å². The number of rotatable bonds is 6. The van der Waals surface area contributed by atoms with Crippen molar-refractivity contribution >= 4 is 5.78 Å². The number of ketones is 1. The minimum absolute atomic E-state index is 0.121. The van der Waals surface area contributed by atoms with Crippen LogP contribution in [0, 0.1) is 0 Å². The quantitative estimate of drug-likeness (QED) is 0.747. The second-order valence-electron chi connectivity index (χ2n) is 4.48. The van der Waals surface area contributed by atoms with Crippen LogP contribution in [-0.2, 0) is 0 Å². The Kier molecular flexibility index (Phi) is 4.36. The maximum Gasteiger partial charge on any atom is 0.228 e. The monoisotopic (exact) mass is 259 g/mol. The van der Waals surface area contributed by atoms with Crippen LogP contribution in [0.1, 0.15) is 16.1 Å². The van der Waals surface area contributed by atoms with Gasteiger partial charge in [-0.15, -0.1) is 0 Å². The van der Waals surface area contributed by atoms with Crippen molar-refractivity contribution in [1.82, 2.24) is 4.90 Å². The molecule has 1 heterocycles. The standard InChI is InChI=1S/C15H17NO3/c1-16(2)9-11-18-13-7-5-12(6-8-13)15(17)14-4-3-10-19-14/h3-8,10H,9,11H2,1-2H3. The molecule has 0 spiro atoms. The lowest BCUT2D eigenvalue weighted by Crippen LogP contribution is -2.19. The van der Waals surface area contributed by atoms with Gasteiger partial charge in [0.25, 0.3) is 0 Å². The summed E-state index contributed by atoms with van der Waals surface area (Å²) in [5, 5.41) is 0. The van der Waals surface area contributed by atoms with E-state index in [4.69, 9.17) is 9.15 Å². The second-order valence-corrected chi connectivity index (χ2v) is 4.48. The number of hydrogen-bond acceptors (Lipinski definition) is 4. The lowest BCUT2D eigenvalue weighted by molar-refractivity contribution is 0.101. The third kappa shape index (κ3) is 3.69. The van der Waals surface area contributed by atoms with Gasteiger partial charge in [-0.2, -0.15) is 0 Å². The average Bonchev–Trinajstić information content (AvgIpc) is 2.92. The highest BCUT2D eigenvalue weighted by Gasteiger charge is 2.11. The SMILES string of the molecule is CN(C)CCOc1ccc(C(=O)c2ccco2)cc1. The lowest BCUT2D eigenvalue weighted by atomic mass is 10.1. The van der Waals surface area contributed by atoms with Gasteiger partial charge >= 0.3 is 0 Å². The van der Waals surface area contributed by atoms with Crippen molar-refractivity contribution in [3.8, 4) is 5.75 Å². The number of benzene rings is 1. The molecule has 1 aromatic heterocycles. The Morgan fingerprint density at radius 1 is 1.21 bits per heavy atom. The first kappa shape index (κ1) is 13.4. The molecule has 1 aromatic carbocycles. The predicted octanol–water partition coefficient (Wildman–Crippen LogP) is 2.45. The summed E-state index contributed by atoms with van der Waals surface area (Å²) in [6.45, 7) is 1.48. The van der Waals surface area contributed by atoms with E-state index in [-0.39, 0.29) is 5.78 Å². The van der Waals surface area contributed by atoms with Gasteiger partial charge in [-0.1, -0.05) is 0 Å². The highest BCUT2D eigenvalue weighted by atomic mass is 16.5. The van der Waals surface area contributed by atoms with E-state index in [1.807, 2.05) is 14.1 Å². The number of likely N-dealkylation sites (N-methyl/N-ethyl adjacent to an activating group) is 1. The molecule has 19 heavy (non-hydrogen) atoms. The Hall–Kier alpha value is -2.07. The van der Waals surface area contributed by atoms with Crippen LogP contribution in [0.25, 0.3) is 0 Å². The molecule has 4 nitrogen and oxygen atoms in total. The van der Waals surface area contributed by atoms with E-state index in [9.17, 15) is 4.79 Å². The Morgan fingerprint density at radius 3 is 2.53 bits per heavy atom. The molecule has 0 unspecified atom stereocenters. The van der Waals surface area contributed by atoms with Crippen LogP contribution in [0.2, 0.25) is 0 Å². The van der Waals surface area contributed by atoms with E-state index < -0.39 is 0 Å². The lowest BCUT2D eigenvalue weighted by Gasteiger charge is -2.11. The van der Waals surface area contributed by atoms with Crippen LogP contribution in [0.15, 0.2) is 47.1 Å². The van der Waals surface area contributed by atoms with Gasteiger partial charge < -0.3 is 14.1 Å². The Balaban J connectivity index is 1.96. The van der Waals surface area contributed by atoms with E-state index in [1.165, 1.54) is 6.26 Å². The molecule has 0 aliphatic heterocycles. The van der Waals surface area contributed by atoms with Crippen LogP contribution in [0.5, 0.6) is 5.75 Å². The van der Waals surface area contributed by atoms with Gasteiger partial charge in [0.15, 0.2) is 5.76 Å². The molecule has 0 aliphatic carbocycles. The van der Waals surface area contributed by atoms with E-state index in [0.29, 0.717) is 17.9 Å². The molecular weight excluding hydrogens is 242 g/mol. The van der Waals surface area contributed by atoms with Crippen molar-refractivity contribution in [2.45, 2.75) is 0 Å². The average molecular weight is 259 g/mol. The van der Waals surface area contributed by atoms with Gasteiger partial charge in [0, 0.05) is 12.1 Å². The molecule has 0 radical (unpaired) electrons. The van der Waals surface area contributed by atoms with E-state index in [0.717, 1.165) is 12.3 Å². The van der Waals surface area contributed by atoms with Gasteiger partial charge in [0.05, 0.1) is 6.26 Å². The summed E-state index contributed by atoms with van der Waals surface area (Å²) in [4.78, 5) is 14.0. The fraction of sp³-hybridized carbons (Fsp3) is 0.267. The fourth-order valence-electron chi connectivity index (χ4n) is 1.60. The number of hydrogen-bond donors (Lipinski definition) is 0. The Morgan fingerprint density at radius 2 is 1.95 bits per heavy atom. The first-order chi connectivity index (χ1) is 9.16. The molecule has 0 aliphatic rings. The van der Waals surface area contributed by atoms with Gasteiger partial charge in [0.2, 0.25) is 5.78 Å². The molecule has 0 atom stereocenters. The predicted molar refractivity (Wildman–Crippen MR) is 72.6 cm³/mol. The summed E-state index contributed by atoms with van der Waals surface area (Å²) < 4.78 is 10.7. The summed E-state index contributed by atoms with van der Waals surface area (Å²) >= 11 is 0. The van der Waals surface area contributed by atoms with E-state index >= 15 is 0 Å². The number of furan rings is 1. The molecular formula is C15H17NO3. The zero-order valence-corrected chi connectivity index (χ0v) is 11.1. The molecule has 4 heteroatoms. The Labute approximate surface area is 112 Å². The maximum absolute atomic E-state index is 12.0. The number of carbonyl (C=O) groups excluding carboxylic acids is 1. The zero-order chi connectivity index (χ0) is 13.7. The molecule has 0 bridgehead atoms. The molecule has 0 fully saturated rings. The molecule has 0 saturated heterocycles. The molecule has 0 saturated carbocycles. The third-order valence-electron chi connectivity index (χ3n) is 2.67. The fourth-order valence-corrected chi connectivity index (χ4v) is 1.60. The van der Waals surface area contributed by atoms with E-state index in [2.05, 4.69) is 4.90 Å². The van der Waals surface area contributed by atoms with Crippen molar-refractivity contribution in [2.24, 2.45) is 0 Å². The maximum atomic E-state index is 12.0. The molecule has 0 N–H and O–H groups in total. The van der Waals surface area contributed by atoms with Crippen LogP contribution < -0.4 is 4.74 Å². The van der Waals surface area contributed by atoms with Crippen molar-refractivity contribution in [3.05, 3.63) is 54.0 Å². The third-order valence-corrected chi connectivity index (χ3v) is 2.67. The summed E-state index contributed by atoms with van der Waals surface area (Å²) in [6.07, 6.45) is 1.49. The zero-order valence-electron chi connectivity index (χ0n) is 11.1. The summed E-state index contributed by atoms with van der Waals surface area (Å²) in [5.41, 5.74) is 0.593. The Bertz CT molecular complexity index is 515. The highest BCUT2D eigenvalue weighted by molar-refractivity contribution is 6.07. The first-order valence-electron chi connectivity index (χ1n) is 6.12. The van der Waals surface area contributed by atoms with Crippen molar-refractivity contribution in [3.63, 3.8) is 0 Å².